The van der Waals surface area contributed by atoms with Gasteiger partial charge in [-0.25, -0.2) is 0 Å². The molecule has 0 aliphatic carbocycles. The van der Waals surface area contributed by atoms with Crippen molar-refractivity contribution < 1.29 is 9.21 Å². The van der Waals surface area contributed by atoms with E-state index in [1.165, 1.54) is 16.7 Å². The summed E-state index contributed by atoms with van der Waals surface area (Å²) < 4.78 is 5.53. The van der Waals surface area contributed by atoms with E-state index in [0.29, 0.717) is 0 Å². The normalized spacial score (nSPS) is 15.3. The Morgan fingerprint density at radius 1 is 1.04 bits per heavy atom. The van der Waals surface area contributed by atoms with E-state index in [2.05, 4.69) is 53.4 Å². The standard InChI is InChI=1S/C24H25NO2/c1-18(26)24(25-14-12-23-22(17-25)13-15-27-23)21-9-5-8-20(16-21)11-10-19-6-3-2-4-7-19/h2-9,13,15-16,24H,10-12,14,17H2,1H3. The Morgan fingerprint density at radius 3 is 2.63 bits per heavy atom. The maximum atomic E-state index is 12.5. The molecule has 0 radical (unpaired) electrons. The molecule has 1 unspecified atom stereocenters. The summed E-state index contributed by atoms with van der Waals surface area (Å²) in [5, 5.41) is 0. The van der Waals surface area contributed by atoms with Gasteiger partial charge >= 0.3 is 0 Å². The van der Waals surface area contributed by atoms with E-state index >= 15 is 0 Å². The number of furan rings is 1. The van der Waals surface area contributed by atoms with Crippen molar-refractivity contribution in [2.75, 3.05) is 6.54 Å². The van der Waals surface area contributed by atoms with Gasteiger partial charge in [-0.05, 0) is 42.5 Å². The minimum absolute atomic E-state index is 0.190. The summed E-state index contributed by atoms with van der Waals surface area (Å²) in [7, 11) is 0. The summed E-state index contributed by atoms with van der Waals surface area (Å²) >= 11 is 0. The van der Waals surface area contributed by atoms with Crippen LogP contribution in [0.25, 0.3) is 0 Å². The molecule has 4 rings (SSSR count). The van der Waals surface area contributed by atoms with Gasteiger partial charge in [0.1, 0.15) is 5.76 Å². The number of carbonyl (C=O) groups excluding carboxylic acids is 1. The summed E-state index contributed by atoms with van der Waals surface area (Å²) in [4.78, 5) is 14.8. The zero-order valence-corrected chi connectivity index (χ0v) is 15.7. The van der Waals surface area contributed by atoms with E-state index in [9.17, 15) is 4.79 Å². The Balaban J connectivity index is 1.52. The molecule has 138 valence electrons. The number of nitrogens with zero attached hydrogens (tertiary/aromatic N) is 1. The first-order valence-corrected chi connectivity index (χ1v) is 9.63. The summed E-state index contributed by atoms with van der Waals surface area (Å²) in [5.41, 5.74) is 4.92. The molecule has 0 saturated heterocycles. The van der Waals surface area contributed by atoms with Crippen LogP contribution in [0.2, 0.25) is 0 Å². The molecule has 0 N–H and O–H groups in total. The number of fused-ring (bicyclic) bond motifs is 1. The zero-order valence-electron chi connectivity index (χ0n) is 15.7. The fraction of sp³-hybridized carbons (Fsp3) is 0.292. The number of hydrogen-bond acceptors (Lipinski definition) is 3. The molecule has 3 nitrogen and oxygen atoms in total. The number of aryl methyl sites for hydroxylation is 2. The van der Waals surface area contributed by atoms with Gasteiger partial charge in [-0.2, -0.15) is 0 Å². The lowest BCUT2D eigenvalue weighted by Gasteiger charge is -2.33. The topological polar surface area (TPSA) is 33.5 Å². The zero-order chi connectivity index (χ0) is 18.6. The van der Waals surface area contributed by atoms with Crippen LogP contribution in [0.15, 0.2) is 71.3 Å². The van der Waals surface area contributed by atoms with Crippen LogP contribution in [0.3, 0.4) is 0 Å². The van der Waals surface area contributed by atoms with Crippen molar-refractivity contribution in [3.63, 3.8) is 0 Å². The highest BCUT2D eigenvalue weighted by Gasteiger charge is 2.29. The minimum Gasteiger partial charge on any atom is -0.469 e. The molecule has 0 spiro atoms. The SMILES string of the molecule is CC(=O)C(c1cccc(CCc2ccccc2)c1)N1CCc2occc2C1. The van der Waals surface area contributed by atoms with E-state index in [1.807, 2.05) is 12.1 Å². The number of benzene rings is 2. The number of ketones is 1. The van der Waals surface area contributed by atoms with Gasteiger partial charge in [0.15, 0.2) is 5.78 Å². The average Bonchev–Trinajstić information content (AvgIpc) is 3.15. The molecular weight excluding hydrogens is 334 g/mol. The maximum Gasteiger partial charge on any atom is 0.151 e. The summed E-state index contributed by atoms with van der Waals surface area (Å²) in [6.07, 6.45) is 4.60. The smallest absolute Gasteiger partial charge is 0.151 e. The quantitative estimate of drug-likeness (QED) is 0.637. The number of rotatable bonds is 6. The predicted molar refractivity (Wildman–Crippen MR) is 107 cm³/mol. The molecule has 3 heteroatoms. The van der Waals surface area contributed by atoms with Crippen LogP contribution in [0.5, 0.6) is 0 Å². The van der Waals surface area contributed by atoms with E-state index in [4.69, 9.17) is 4.42 Å². The second-order valence-corrected chi connectivity index (χ2v) is 7.33. The summed E-state index contributed by atoms with van der Waals surface area (Å²) in [6, 6.07) is 20.9. The van der Waals surface area contributed by atoms with Gasteiger partial charge < -0.3 is 4.42 Å². The van der Waals surface area contributed by atoms with Gasteiger partial charge in [0.25, 0.3) is 0 Å². The molecule has 0 bridgehead atoms. The summed E-state index contributed by atoms with van der Waals surface area (Å²) in [5.74, 6) is 1.26. The first-order chi connectivity index (χ1) is 13.2. The molecule has 27 heavy (non-hydrogen) atoms. The van der Waals surface area contributed by atoms with Gasteiger partial charge in [0.05, 0.1) is 12.3 Å². The van der Waals surface area contributed by atoms with E-state index in [1.54, 1.807) is 13.2 Å². The molecule has 0 amide bonds. The molecule has 1 aromatic heterocycles. The molecule has 2 heterocycles. The molecule has 2 aromatic carbocycles. The predicted octanol–water partition coefficient (Wildman–Crippen LogP) is 4.75. The Kier molecular flexibility index (Phi) is 5.21. The molecule has 0 saturated carbocycles. The van der Waals surface area contributed by atoms with Crippen LogP contribution in [0.4, 0.5) is 0 Å². The molecule has 1 aliphatic rings. The average molecular weight is 359 g/mol. The van der Waals surface area contributed by atoms with Crippen molar-refractivity contribution in [1.82, 2.24) is 4.90 Å². The van der Waals surface area contributed by atoms with Crippen LogP contribution in [-0.4, -0.2) is 17.2 Å². The van der Waals surface area contributed by atoms with Crippen LogP contribution in [-0.2, 0) is 30.6 Å². The van der Waals surface area contributed by atoms with E-state index in [-0.39, 0.29) is 11.8 Å². The van der Waals surface area contributed by atoms with Crippen LogP contribution in [0, 0.1) is 0 Å². The van der Waals surface area contributed by atoms with Crippen LogP contribution < -0.4 is 0 Å². The lowest BCUT2D eigenvalue weighted by molar-refractivity contribution is -0.122. The Bertz CT molecular complexity index is 913. The van der Waals surface area contributed by atoms with E-state index in [0.717, 1.165) is 43.7 Å². The maximum absolute atomic E-state index is 12.5. The van der Waals surface area contributed by atoms with Crippen molar-refractivity contribution >= 4 is 5.78 Å². The number of hydrogen-bond donors (Lipinski definition) is 0. The highest BCUT2D eigenvalue weighted by molar-refractivity contribution is 5.83. The molecule has 3 aromatic rings. The fourth-order valence-electron chi connectivity index (χ4n) is 4.05. The highest BCUT2D eigenvalue weighted by Crippen LogP contribution is 2.29. The number of carbonyl (C=O) groups is 1. The molecule has 0 fully saturated rings. The second kappa shape index (κ2) is 7.93. The van der Waals surface area contributed by atoms with Gasteiger partial charge in [0.2, 0.25) is 0 Å². The Hall–Kier alpha value is -2.65. The van der Waals surface area contributed by atoms with Crippen molar-refractivity contribution in [3.8, 4) is 0 Å². The summed E-state index contributed by atoms with van der Waals surface area (Å²) in [6.45, 7) is 3.32. The second-order valence-electron chi connectivity index (χ2n) is 7.33. The van der Waals surface area contributed by atoms with E-state index < -0.39 is 0 Å². The van der Waals surface area contributed by atoms with Gasteiger partial charge in [0, 0.05) is 25.1 Å². The lowest BCUT2D eigenvalue weighted by atomic mass is 9.95. The largest absolute Gasteiger partial charge is 0.469 e. The molecular formula is C24H25NO2. The van der Waals surface area contributed by atoms with Gasteiger partial charge in [-0.3, -0.25) is 9.69 Å². The third kappa shape index (κ3) is 4.04. The third-order valence-corrected chi connectivity index (χ3v) is 5.40. The van der Waals surface area contributed by atoms with Gasteiger partial charge in [-0.1, -0.05) is 54.6 Å². The van der Waals surface area contributed by atoms with Crippen LogP contribution in [0.1, 0.15) is 41.0 Å². The van der Waals surface area contributed by atoms with Crippen molar-refractivity contribution in [2.45, 2.75) is 38.8 Å². The lowest BCUT2D eigenvalue weighted by Crippen LogP contribution is -2.37. The Labute approximate surface area is 160 Å². The van der Waals surface area contributed by atoms with Crippen LogP contribution >= 0.6 is 0 Å². The van der Waals surface area contributed by atoms with Crippen molar-refractivity contribution in [2.24, 2.45) is 0 Å². The van der Waals surface area contributed by atoms with Crippen molar-refractivity contribution in [1.29, 1.82) is 0 Å². The first-order valence-electron chi connectivity index (χ1n) is 9.63. The third-order valence-electron chi connectivity index (χ3n) is 5.40. The van der Waals surface area contributed by atoms with Crippen molar-refractivity contribution in [3.05, 3.63) is 94.9 Å². The monoisotopic (exact) mass is 359 g/mol. The minimum atomic E-state index is -0.190. The highest BCUT2D eigenvalue weighted by atomic mass is 16.3. The number of Topliss-reactive ketones (excluding diaryl/α,β-unsaturated/α-hetero) is 1. The van der Waals surface area contributed by atoms with Gasteiger partial charge in [-0.15, -0.1) is 0 Å². The molecule has 1 atom stereocenters. The fourth-order valence-corrected chi connectivity index (χ4v) is 4.05. The Morgan fingerprint density at radius 2 is 1.81 bits per heavy atom. The molecule has 1 aliphatic heterocycles. The first kappa shape index (κ1) is 17.7.